The van der Waals surface area contributed by atoms with E-state index in [0.29, 0.717) is 17.8 Å². The molecule has 0 spiro atoms. The summed E-state index contributed by atoms with van der Waals surface area (Å²) in [6.07, 6.45) is 0.103. The third kappa shape index (κ3) is 2.68. The zero-order chi connectivity index (χ0) is 16.2. The molecular formula is C15H18ClN3O4S. The van der Waals surface area contributed by atoms with Gasteiger partial charge < -0.3 is 15.2 Å². The van der Waals surface area contributed by atoms with Crippen molar-refractivity contribution >= 4 is 39.1 Å². The fourth-order valence-electron chi connectivity index (χ4n) is 3.63. The Bertz CT molecular complexity index is 882. The Hall–Kier alpha value is -1.64. The van der Waals surface area contributed by atoms with Gasteiger partial charge in [0.05, 0.1) is 17.4 Å². The van der Waals surface area contributed by atoms with Crippen LogP contribution in [-0.4, -0.2) is 54.5 Å². The van der Waals surface area contributed by atoms with Gasteiger partial charge in [-0.15, -0.1) is 12.4 Å². The van der Waals surface area contributed by atoms with Gasteiger partial charge in [-0.3, -0.25) is 4.79 Å². The van der Waals surface area contributed by atoms with Crippen LogP contribution in [0, 0.1) is 5.92 Å². The predicted octanol–water partition coefficient (Wildman–Crippen LogP) is 0.375. The van der Waals surface area contributed by atoms with Crippen LogP contribution < -0.4 is 5.73 Å². The number of nitrogens with zero attached hydrogens (tertiary/aromatic N) is 2. The van der Waals surface area contributed by atoms with E-state index in [9.17, 15) is 13.2 Å². The van der Waals surface area contributed by atoms with E-state index in [2.05, 4.69) is 5.16 Å². The number of sulfone groups is 1. The average Bonchev–Trinajstić information content (AvgIpc) is 3.16. The zero-order valence-electron chi connectivity index (χ0n) is 12.8. The van der Waals surface area contributed by atoms with E-state index in [1.807, 2.05) is 18.2 Å². The van der Waals surface area contributed by atoms with E-state index in [-0.39, 0.29) is 49.0 Å². The maximum atomic E-state index is 12.5. The number of hydrogen-bond acceptors (Lipinski definition) is 6. The summed E-state index contributed by atoms with van der Waals surface area (Å²) in [4.78, 5) is 14.1. The third-order valence-corrected chi connectivity index (χ3v) is 7.14. The lowest BCUT2D eigenvalue weighted by Crippen LogP contribution is -2.36. The van der Waals surface area contributed by atoms with E-state index in [0.717, 1.165) is 5.39 Å². The number of hydrogen-bond donors (Lipinski definition) is 1. The maximum Gasteiger partial charge on any atom is 0.228 e. The monoisotopic (exact) mass is 371 g/mol. The number of benzene rings is 1. The van der Waals surface area contributed by atoms with E-state index < -0.39 is 15.1 Å². The Kier molecular flexibility index (Phi) is 4.31. The van der Waals surface area contributed by atoms with Crippen molar-refractivity contribution in [3.63, 3.8) is 0 Å². The summed E-state index contributed by atoms with van der Waals surface area (Å²) in [5.41, 5.74) is 7.14. The highest BCUT2D eigenvalue weighted by Crippen LogP contribution is 2.33. The molecule has 0 unspecified atom stereocenters. The molecule has 2 aliphatic rings. The van der Waals surface area contributed by atoms with Crippen molar-refractivity contribution in [3.05, 3.63) is 30.0 Å². The minimum Gasteiger partial charge on any atom is -0.356 e. The van der Waals surface area contributed by atoms with E-state index in [4.69, 9.17) is 10.3 Å². The first kappa shape index (κ1) is 17.2. The van der Waals surface area contributed by atoms with Gasteiger partial charge in [-0.05, 0) is 12.1 Å². The number of carbonyl (C=O) groups excluding carboxylic acids is 1. The Morgan fingerprint density at radius 1 is 1.33 bits per heavy atom. The van der Waals surface area contributed by atoms with Crippen LogP contribution in [0.25, 0.3) is 11.0 Å². The van der Waals surface area contributed by atoms with Crippen molar-refractivity contribution < 1.29 is 17.7 Å². The smallest absolute Gasteiger partial charge is 0.228 e. The topological polar surface area (TPSA) is 106 Å². The fourth-order valence-corrected chi connectivity index (χ4v) is 5.89. The number of halogens is 1. The largest absolute Gasteiger partial charge is 0.356 e. The molecule has 3 heterocycles. The van der Waals surface area contributed by atoms with Crippen LogP contribution in [0.2, 0.25) is 0 Å². The van der Waals surface area contributed by atoms with Gasteiger partial charge >= 0.3 is 0 Å². The van der Waals surface area contributed by atoms with Gasteiger partial charge in [0.2, 0.25) is 5.91 Å². The molecule has 1 amide bonds. The van der Waals surface area contributed by atoms with E-state index in [1.54, 1.807) is 11.0 Å². The normalized spacial score (nSPS) is 27.9. The van der Waals surface area contributed by atoms with Crippen molar-refractivity contribution in [3.8, 4) is 0 Å². The molecule has 0 radical (unpaired) electrons. The van der Waals surface area contributed by atoms with Crippen LogP contribution in [-0.2, 0) is 21.1 Å². The van der Waals surface area contributed by atoms with Crippen LogP contribution in [0.15, 0.2) is 28.8 Å². The van der Waals surface area contributed by atoms with Crippen LogP contribution in [0.3, 0.4) is 0 Å². The molecule has 2 aliphatic heterocycles. The van der Waals surface area contributed by atoms with Crippen LogP contribution in [0.1, 0.15) is 5.69 Å². The van der Waals surface area contributed by atoms with Gasteiger partial charge in [-0.1, -0.05) is 17.3 Å². The van der Waals surface area contributed by atoms with Crippen molar-refractivity contribution in [2.45, 2.75) is 17.7 Å². The molecule has 1 aromatic carbocycles. The molecule has 0 saturated carbocycles. The van der Waals surface area contributed by atoms with Crippen molar-refractivity contribution in [2.24, 2.45) is 11.7 Å². The lowest BCUT2D eigenvalue weighted by molar-refractivity contribution is -0.129. The summed E-state index contributed by atoms with van der Waals surface area (Å²) in [7, 11) is -3.19. The maximum absolute atomic E-state index is 12.5. The molecule has 24 heavy (non-hydrogen) atoms. The fraction of sp³-hybridized carbons (Fsp3) is 0.467. The Morgan fingerprint density at radius 2 is 2.08 bits per heavy atom. The SMILES string of the molecule is Cl.N[C@@H]1CS(=O)(=O)[C@H]2CN(C(=O)Cc3noc4ccccc34)C[C@@H]12. The number of aromatic nitrogens is 1. The molecular weight excluding hydrogens is 354 g/mol. The molecule has 130 valence electrons. The highest BCUT2D eigenvalue weighted by Gasteiger charge is 2.51. The van der Waals surface area contributed by atoms with Crippen LogP contribution >= 0.6 is 12.4 Å². The summed E-state index contributed by atoms with van der Waals surface area (Å²) in [5, 5.41) is 4.25. The number of rotatable bonds is 2. The average molecular weight is 372 g/mol. The van der Waals surface area contributed by atoms with Gasteiger partial charge in [-0.2, -0.15) is 0 Å². The number of nitrogens with two attached hydrogens (primary N) is 1. The molecule has 0 aliphatic carbocycles. The predicted molar refractivity (Wildman–Crippen MR) is 90.6 cm³/mol. The van der Waals surface area contributed by atoms with Crippen molar-refractivity contribution in [1.29, 1.82) is 0 Å². The van der Waals surface area contributed by atoms with Crippen LogP contribution in [0.4, 0.5) is 0 Å². The number of fused-ring (bicyclic) bond motifs is 2. The molecule has 3 atom stereocenters. The molecule has 2 fully saturated rings. The van der Waals surface area contributed by atoms with E-state index >= 15 is 0 Å². The summed E-state index contributed by atoms with van der Waals surface area (Å²) < 4.78 is 29.3. The van der Waals surface area contributed by atoms with Gasteiger partial charge in [-0.25, -0.2) is 8.42 Å². The molecule has 7 nitrogen and oxygen atoms in total. The Balaban J connectivity index is 0.00000169. The Labute approximate surface area is 145 Å². The second-order valence-electron chi connectivity index (χ2n) is 6.30. The number of carbonyl (C=O) groups is 1. The number of likely N-dealkylation sites (tertiary alicyclic amines) is 1. The van der Waals surface area contributed by atoms with Crippen molar-refractivity contribution in [1.82, 2.24) is 10.1 Å². The Morgan fingerprint density at radius 3 is 2.83 bits per heavy atom. The highest BCUT2D eigenvalue weighted by molar-refractivity contribution is 7.92. The summed E-state index contributed by atoms with van der Waals surface area (Å²) >= 11 is 0. The third-order valence-electron chi connectivity index (χ3n) is 4.87. The molecule has 4 rings (SSSR count). The minimum absolute atomic E-state index is 0. The van der Waals surface area contributed by atoms with Crippen molar-refractivity contribution in [2.75, 3.05) is 18.8 Å². The second-order valence-corrected chi connectivity index (χ2v) is 8.56. The summed E-state index contributed by atoms with van der Waals surface area (Å²) in [6.45, 7) is 0.634. The molecule has 2 saturated heterocycles. The number of amides is 1. The summed E-state index contributed by atoms with van der Waals surface area (Å²) in [6, 6.07) is 6.97. The zero-order valence-corrected chi connectivity index (χ0v) is 14.4. The highest BCUT2D eigenvalue weighted by atomic mass is 35.5. The molecule has 2 aromatic rings. The molecule has 2 N–H and O–H groups in total. The summed E-state index contributed by atoms with van der Waals surface area (Å²) in [5.74, 6) is -0.267. The first-order chi connectivity index (χ1) is 11.0. The second kappa shape index (κ2) is 6.02. The lowest BCUT2D eigenvalue weighted by Gasteiger charge is -2.17. The van der Waals surface area contributed by atoms with Gasteiger partial charge in [0.1, 0.15) is 5.69 Å². The van der Waals surface area contributed by atoms with E-state index in [1.165, 1.54) is 0 Å². The number of para-hydroxylation sites is 1. The minimum atomic E-state index is -3.19. The molecule has 1 aromatic heterocycles. The molecule has 0 bridgehead atoms. The van der Waals surface area contributed by atoms with Crippen LogP contribution in [0.5, 0.6) is 0 Å². The van der Waals surface area contributed by atoms with Gasteiger partial charge in [0.25, 0.3) is 0 Å². The standard InChI is InChI=1S/C15H17N3O4S.ClH/c16-11-8-23(20,21)14-7-18(6-10(11)14)15(19)5-12-9-3-1-2-4-13(9)22-17-12;/h1-4,10-11,14H,5-8,16H2;1H/t10-,11+,14-;/m0./s1. The molecule has 9 heteroatoms. The first-order valence-corrected chi connectivity index (χ1v) is 9.25. The lowest BCUT2D eigenvalue weighted by atomic mass is 10.0. The van der Waals surface area contributed by atoms with Gasteiger partial charge in [0.15, 0.2) is 15.4 Å². The first-order valence-electron chi connectivity index (χ1n) is 7.54. The van der Waals surface area contributed by atoms with Gasteiger partial charge in [0, 0.05) is 30.4 Å². The quantitative estimate of drug-likeness (QED) is 0.817.